The van der Waals surface area contributed by atoms with E-state index in [9.17, 15) is 4.79 Å². The number of carbonyl (C=O) groups is 1. The first-order chi connectivity index (χ1) is 4.70. The average molecular weight is 162 g/mol. The fraction of sp³-hybridized carbons (Fsp3) is 0.857. The van der Waals surface area contributed by atoms with E-state index in [4.69, 9.17) is 4.74 Å². The molecule has 0 fully saturated rings. The van der Waals surface area contributed by atoms with Gasteiger partial charge in [0.1, 0.15) is 0 Å². The van der Waals surface area contributed by atoms with Gasteiger partial charge in [-0.3, -0.25) is 4.79 Å². The maximum absolute atomic E-state index is 10.4. The smallest absolute Gasteiger partial charge is 0.186 e. The van der Waals surface area contributed by atoms with Crippen molar-refractivity contribution < 1.29 is 9.53 Å². The van der Waals surface area contributed by atoms with Gasteiger partial charge in [-0.25, -0.2) is 0 Å². The van der Waals surface area contributed by atoms with Gasteiger partial charge in [-0.2, -0.15) is 0 Å². The second-order valence-corrected chi connectivity index (χ2v) is 2.70. The van der Waals surface area contributed by atoms with Gasteiger partial charge < -0.3 is 4.74 Å². The van der Waals surface area contributed by atoms with Crippen LogP contribution < -0.4 is 0 Å². The van der Waals surface area contributed by atoms with Crippen molar-refractivity contribution in [2.45, 2.75) is 32.3 Å². The van der Waals surface area contributed by atoms with Crippen LogP contribution in [0.3, 0.4) is 0 Å². The lowest BCUT2D eigenvalue weighted by Crippen LogP contribution is -2.09. The molecule has 3 heteroatoms. The van der Waals surface area contributed by atoms with Crippen LogP contribution in [0.2, 0.25) is 0 Å². The van der Waals surface area contributed by atoms with Gasteiger partial charge in [0.15, 0.2) is 5.12 Å². The fourth-order valence-corrected chi connectivity index (χ4v) is 0.902. The van der Waals surface area contributed by atoms with Crippen LogP contribution in [0.15, 0.2) is 0 Å². The van der Waals surface area contributed by atoms with Gasteiger partial charge in [-0.05, 0) is 12.8 Å². The Kier molecular flexibility index (Phi) is 5.73. The maximum atomic E-state index is 10.4. The monoisotopic (exact) mass is 162 g/mol. The molecule has 0 aliphatic carbocycles. The minimum Gasteiger partial charge on any atom is -0.381 e. The molecule has 0 saturated carbocycles. The zero-order valence-corrected chi connectivity index (χ0v) is 7.36. The molecule has 0 amide bonds. The molecule has 0 bridgehead atoms. The van der Waals surface area contributed by atoms with Crippen molar-refractivity contribution in [1.29, 1.82) is 0 Å². The van der Waals surface area contributed by atoms with Crippen LogP contribution in [0.5, 0.6) is 0 Å². The third-order valence-corrected chi connectivity index (χ3v) is 1.69. The molecule has 0 heterocycles. The number of hydrogen-bond acceptors (Lipinski definition) is 2. The van der Waals surface area contributed by atoms with E-state index in [-0.39, 0.29) is 11.2 Å². The number of ether oxygens (including phenoxy) is 1. The Morgan fingerprint density at radius 3 is 2.60 bits per heavy atom. The summed E-state index contributed by atoms with van der Waals surface area (Å²) < 4.78 is 5.06. The minimum atomic E-state index is -0.0597. The first-order valence-electron chi connectivity index (χ1n) is 3.45. The Morgan fingerprint density at radius 2 is 2.30 bits per heavy atom. The molecule has 0 aromatic heterocycles. The topological polar surface area (TPSA) is 26.3 Å². The zero-order valence-electron chi connectivity index (χ0n) is 6.46. The van der Waals surface area contributed by atoms with Crippen molar-refractivity contribution >= 4 is 17.7 Å². The fourth-order valence-electron chi connectivity index (χ4n) is 0.773. The second-order valence-electron chi connectivity index (χ2n) is 2.20. The number of carbonyl (C=O) groups excluding carboxylic acids is 1. The van der Waals surface area contributed by atoms with Crippen molar-refractivity contribution in [2.75, 3.05) is 7.11 Å². The number of rotatable bonds is 5. The Hall–Kier alpha value is -0.0200. The second kappa shape index (κ2) is 5.74. The lowest BCUT2D eigenvalue weighted by Gasteiger charge is -2.10. The maximum Gasteiger partial charge on any atom is 0.186 e. The summed E-state index contributed by atoms with van der Waals surface area (Å²) in [6, 6.07) is 0. The Morgan fingerprint density at radius 1 is 1.70 bits per heavy atom. The molecule has 1 unspecified atom stereocenters. The van der Waals surface area contributed by atoms with E-state index in [1.54, 1.807) is 7.11 Å². The van der Waals surface area contributed by atoms with Crippen LogP contribution in [-0.4, -0.2) is 18.3 Å². The summed E-state index contributed by atoms with van der Waals surface area (Å²) in [5.74, 6) is 0. The minimum absolute atomic E-state index is 0.0597. The van der Waals surface area contributed by atoms with Crippen molar-refractivity contribution in [3.05, 3.63) is 0 Å². The number of methoxy groups -OCH3 is 1. The number of hydrogen-bond donors (Lipinski definition) is 1. The van der Waals surface area contributed by atoms with Crippen molar-refractivity contribution in [1.82, 2.24) is 0 Å². The molecule has 1 atom stereocenters. The lowest BCUT2D eigenvalue weighted by molar-refractivity contribution is -0.111. The summed E-state index contributed by atoms with van der Waals surface area (Å²) in [6.07, 6.45) is 2.47. The molecule has 0 aromatic rings. The zero-order chi connectivity index (χ0) is 7.98. The standard InChI is InChI=1S/C7H14O2S/c1-3-6(9-2)4-5-7(8)10/h6H,3-5H2,1-2H3,(H,8,10). The van der Waals surface area contributed by atoms with E-state index in [1.165, 1.54) is 0 Å². The molecular weight excluding hydrogens is 148 g/mol. The molecule has 2 nitrogen and oxygen atoms in total. The summed E-state index contributed by atoms with van der Waals surface area (Å²) in [5.41, 5.74) is 0. The summed E-state index contributed by atoms with van der Waals surface area (Å²) >= 11 is 3.66. The van der Waals surface area contributed by atoms with Crippen LogP contribution in [0.25, 0.3) is 0 Å². The average Bonchev–Trinajstić information content (AvgIpc) is 1.90. The van der Waals surface area contributed by atoms with Gasteiger partial charge in [0.25, 0.3) is 0 Å². The highest BCUT2D eigenvalue weighted by molar-refractivity contribution is 7.96. The van der Waals surface area contributed by atoms with Crippen LogP contribution in [0, 0.1) is 0 Å². The van der Waals surface area contributed by atoms with E-state index in [0.29, 0.717) is 6.42 Å². The molecule has 0 N–H and O–H groups in total. The highest BCUT2D eigenvalue weighted by atomic mass is 32.1. The van der Waals surface area contributed by atoms with Crippen molar-refractivity contribution in [3.8, 4) is 0 Å². The van der Waals surface area contributed by atoms with E-state index >= 15 is 0 Å². The quantitative estimate of drug-likeness (QED) is 0.622. The molecule has 0 spiro atoms. The van der Waals surface area contributed by atoms with Crippen LogP contribution in [0.4, 0.5) is 0 Å². The summed E-state index contributed by atoms with van der Waals surface area (Å²) in [4.78, 5) is 10.4. The first kappa shape index (κ1) is 9.98. The van der Waals surface area contributed by atoms with Gasteiger partial charge in [0.2, 0.25) is 0 Å². The van der Waals surface area contributed by atoms with Gasteiger partial charge in [-0.1, -0.05) is 6.92 Å². The summed E-state index contributed by atoms with van der Waals surface area (Å²) in [6.45, 7) is 2.04. The van der Waals surface area contributed by atoms with Crippen LogP contribution in [0.1, 0.15) is 26.2 Å². The molecule has 0 aliphatic rings. The Bertz CT molecular complexity index is 99.8. The number of thiol groups is 1. The highest BCUT2D eigenvalue weighted by Gasteiger charge is 2.04. The largest absolute Gasteiger partial charge is 0.381 e. The molecule has 0 aromatic carbocycles. The third-order valence-electron chi connectivity index (χ3n) is 1.47. The molecule has 0 rings (SSSR count). The summed E-state index contributed by atoms with van der Waals surface area (Å²) in [5, 5.41) is -0.0597. The van der Waals surface area contributed by atoms with Crippen molar-refractivity contribution in [2.24, 2.45) is 0 Å². The van der Waals surface area contributed by atoms with E-state index in [1.807, 2.05) is 6.92 Å². The molecule has 0 aliphatic heterocycles. The van der Waals surface area contributed by atoms with E-state index in [2.05, 4.69) is 12.6 Å². The SMILES string of the molecule is CCC(CCC(=O)S)OC. The molecule has 10 heavy (non-hydrogen) atoms. The van der Waals surface area contributed by atoms with E-state index < -0.39 is 0 Å². The Labute approximate surface area is 67.4 Å². The Balaban J connectivity index is 3.34. The van der Waals surface area contributed by atoms with Crippen LogP contribution >= 0.6 is 12.6 Å². The van der Waals surface area contributed by atoms with Gasteiger partial charge in [0.05, 0.1) is 6.10 Å². The third kappa shape index (κ3) is 4.82. The van der Waals surface area contributed by atoms with Crippen LogP contribution in [-0.2, 0) is 9.53 Å². The highest BCUT2D eigenvalue weighted by Crippen LogP contribution is 2.06. The normalized spacial score (nSPS) is 13.1. The predicted octanol–water partition coefficient (Wildman–Crippen LogP) is 1.65. The molecule has 60 valence electrons. The molecule has 0 radical (unpaired) electrons. The molecule has 0 saturated heterocycles. The summed E-state index contributed by atoms with van der Waals surface area (Å²) in [7, 11) is 1.66. The van der Waals surface area contributed by atoms with E-state index in [0.717, 1.165) is 12.8 Å². The lowest BCUT2D eigenvalue weighted by atomic mass is 10.1. The molecular formula is C7H14O2S. The van der Waals surface area contributed by atoms with Gasteiger partial charge in [0, 0.05) is 13.5 Å². The first-order valence-corrected chi connectivity index (χ1v) is 3.90. The van der Waals surface area contributed by atoms with Gasteiger partial charge >= 0.3 is 0 Å². The predicted molar refractivity (Wildman–Crippen MR) is 44.3 cm³/mol. The van der Waals surface area contributed by atoms with Gasteiger partial charge in [-0.15, -0.1) is 12.6 Å². The van der Waals surface area contributed by atoms with Crippen molar-refractivity contribution in [3.63, 3.8) is 0 Å².